The molecule has 0 saturated heterocycles. The number of para-hydroxylation sites is 1. The minimum Gasteiger partial charge on any atom is -0.497 e. The fourth-order valence-corrected chi connectivity index (χ4v) is 4.94. The third-order valence-electron chi connectivity index (χ3n) is 6.56. The number of nitrogens with one attached hydrogen (secondary N) is 1. The van der Waals surface area contributed by atoms with Crippen LogP contribution in [0.2, 0.25) is 0 Å². The first kappa shape index (κ1) is 22.7. The van der Waals surface area contributed by atoms with Gasteiger partial charge in [0.25, 0.3) is 12.9 Å². The van der Waals surface area contributed by atoms with E-state index in [1.54, 1.807) is 7.11 Å². The Bertz CT molecular complexity index is 1300. The highest BCUT2D eigenvalue weighted by Crippen LogP contribution is 2.51. The van der Waals surface area contributed by atoms with Crippen LogP contribution in [0.25, 0.3) is 10.8 Å². The average molecular weight is 472 g/mol. The van der Waals surface area contributed by atoms with Gasteiger partial charge < -0.3 is 24.3 Å². The minimum atomic E-state index is -0.939. The highest BCUT2D eigenvalue weighted by atomic mass is 16.5. The van der Waals surface area contributed by atoms with Crippen LogP contribution in [0.1, 0.15) is 11.6 Å². The van der Waals surface area contributed by atoms with Gasteiger partial charge in [0, 0.05) is 16.8 Å². The number of hydrogen-bond donors (Lipinski definition) is 1. The molecule has 0 fully saturated rings. The van der Waals surface area contributed by atoms with Crippen molar-refractivity contribution in [3.8, 4) is 5.75 Å². The Balaban J connectivity index is 1.63. The van der Waals surface area contributed by atoms with E-state index in [9.17, 15) is 9.59 Å². The molecule has 0 amide bonds. The first-order valence-corrected chi connectivity index (χ1v) is 11.3. The van der Waals surface area contributed by atoms with E-state index in [1.165, 1.54) is 0 Å². The first-order valence-electron chi connectivity index (χ1n) is 11.3. The van der Waals surface area contributed by atoms with Gasteiger partial charge in [0.1, 0.15) is 30.7 Å². The zero-order valence-electron chi connectivity index (χ0n) is 19.2. The Morgan fingerprint density at radius 3 is 2.49 bits per heavy atom. The molecule has 3 aromatic rings. The van der Waals surface area contributed by atoms with Gasteiger partial charge in [-0.25, -0.2) is 0 Å². The molecule has 1 N–H and O–H groups in total. The molecule has 0 spiro atoms. The molecule has 3 aromatic carbocycles. The highest BCUT2D eigenvalue weighted by Gasteiger charge is 2.54. The van der Waals surface area contributed by atoms with Crippen molar-refractivity contribution in [1.82, 2.24) is 0 Å². The van der Waals surface area contributed by atoms with E-state index >= 15 is 0 Å². The number of ether oxygens (including phenoxy) is 4. The topological polar surface area (TPSA) is 83.1 Å². The van der Waals surface area contributed by atoms with Gasteiger partial charge in [-0.2, -0.15) is 0 Å². The lowest BCUT2D eigenvalue weighted by Crippen LogP contribution is -2.41. The van der Waals surface area contributed by atoms with Crippen molar-refractivity contribution in [2.24, 2.45) is 0 Å². The van der Waals surface area contributed by atoms with Crippen LogP contribution in [0.4, 0.5) is 5.69 Å². The summed E-state index contributed by atoms with van der Waals surface area (Å²) in [4.78, 5) is 22.0. The lowest BCUT2D eigenvalue weighted by Gasteiger charge is -2.37. The lowest BCUT2D eigenvalue weighted by molar-refractivity contribution is -0.129. The third kappa shape index (κ3) is 4.15. The van der Waals surface area contributed by atoms with E-state index in [0.29, 0.717) is 12.9 Å². The van der Waals surface area contributed by atoms with Crippen molar-refractivity contribution in [2.45, 2.75) is 17.7 Å². The number of methoxy groups -OCH3 is 1. The number of benzene rings is 3. The molecule has 2 aliphatic rings. The van der Waals surface area contributed by atoms with Crippen molar-refractivity contribution in [2.75, 3.05) is 25.6 Å². The Morgan fingerprint density at radius 2 is 1.71 bits per heavy atom. The van der Waals surface area contributed by atoms with Gasteiger partial charge >= 0.3 is 0 Å². The van der Waals surface area contributed by atoms with Gasteiger partial charge in [-0.05, 0) is 52.7 Å². The Labute approximate surface area is 202 Å². The fourth-order valence-electron chi connectivity index (χ4n) is 4.94. The van der Waals surface area contributed by atoms with E-state index in [2.05, 4.69) is 23.5 Å². The second kappa shape index (κ2) is 9.64. The Kier molecular flexibility index (Phi) is 6.25. The zero-order chi connectivity index (χ0) is 24.3. The van der Waals surface area contributed by atoms with E-state index in [1.807, 2.05) is 60.7 Å². The first-order chi connectivity index (χ1) is 17.2. The maximum Gasteiger partial charge on any atom is 0.293 e. The second-order valence-electron chi connectivity index (χ2n) is 8.42. The number of fused-ring (bicyclic) bond motifs is 3. The number of hydrogen-bond acceptors (Lipinski definition) is 7. The van der Waals surface area contributed by atoms with Crippen LogP contribution in [-0.4, -0.2) is 45.0 Å². The largest absolute Gasteiger partial charge is 0.497 e. The number of anilines is 1. The molecule has 0 saturated carbocycles. The fraction of sp³-hybridized carbons (Fsp3) is 0.214. The van der Waals surface area contributed by atoms with E-state index in [-0.39, 0.29) is 25.4 Å². The number of carbonyl (C=O) groups is 2. The highest BCUT2D eigenvalue weighted by molar-refractivity contribution is 5.85. The maximum absolute atomic E-state index is 11.1. The van der Waals surface area contributed by atoms with Crippen LogP contribution in [0.3, 0.4) is 0 Å². The third-order valence-corrected chi connectivity index (χ3v) is 6.56. The summed E-state index contributed by atoms with van der Waals surface area (Å²) in [6, 6.07) is 21.7. The summed E-state index contributed by atoms with van der Waals surface area (Å²) < 4.78 is 22.2. The number of carbonyl (C=O) groups excluding carboxylic acids is 2. The minimum absolute atomic E-state index is 0.0274. The number of rotatable bonds is 11. The van der Waals surface area contributed by atoms with Gasteiger partial charge in [-0.1, -0.05) is 42.5 Å². The maximum atomic E-state index is 11.1. The van der Waals surface area contributed by atoms with Crippen LogP contribution in [0, 0.1) is 0 Å². The Morgan fingerprint density at radius 1 is 0.971 bits per heavy atom. The lowest BCUT2D eigenvalue weighted by atomic mass is 9.78. The van der Waals surface area contributed by atoms with Crippen molar-refractivity contribution >= 4 is 29.4 Å². The predicted molar refractivity (Wildman–Crippen MR) is 131 cm³/mol. The molecule has 7 nitrogen and oxygen atoms in total. The van der Waals surface area contributed by atoms with Crippen LogP contribution < -0.4 is 10.1 Å². The molecule has 0 aliphatic carbocycles. The summed E-state index contributed by atoms with van der Waals surface area (Å²) in [7, 11) is 1.65. The van der Waals surface area contributed by atoms with Crippen molar-refractivity contribution in [1.29, 1.82) is 0 Å². The van der Waals surface area contributed by atoms with Crippen LogP contribution >= 0.6 is 0 Å². The summed E-state index contributed by atoms with van der Waals surface area (Å²) in [6.07, 6.45) is 3.59. The van der Waals surface area contributed by atoms with Gasteiger partial charge in [0.05, 0.1) is 13.2 Å². The summed E-state index contributed by atoms with van der Waals surface area (Å²) in [5, 5.41) is 5.74. The molecule has 2 heterocycles. The van der Waals surface area contributed by atoms with E-state index in [0.717, 1.165) is 38.9 Å². The second-order valence-corrected chi connectivity index (χ2v) is 8.42. The Hall–Kier alpha value is -4.10. The molecule has 0 radical (unpaired) electrons. The SMILES string of the molecule is COc1ccc2cc(C(Nc3ccccc3)C34C=CC(O3)C(COC=O)=C4COC=O)ccc2c1. The quantitative estimate of drug-likeness (QED) is 0.329. The molecule has 3 unspecified atom stereocenters. The molecular formula is C28H25NO6. The molecule has 0 aromatic heterocycles. The van der Waals surface area contributed by atoms with Gasteiger partial charge in [-0.15, -0.1) is 0 Å². The molecule has 2 aliphatic heterocycles. The standard InChI is InChI=1S/C28H25NO6/c1-32-23-10-9-19-13-21(8-7-20(19)14-23)27(29-22-5-3-2-4-6-22)28-12-11-26(35-28)24(15-33-17-30)25(28)16-34-18-31/h2-14,17-18,26-27,29H,15-16H2,1H3. The molecule has 35 heavy (non-hydrogen) atoms. The normalized spacial score (nSPS) is 21.1. The van der Waals surface area contributed by atoms with Crippen LogP contribution in [-0.2, 0) is 23.8 Å². The molecule has 3 atom stereocenters. The summed E-state index contributed by atoms with van der Waals surface area (Å²) in [6.45, 7) is 0.912. The summed E-state index contributed by atoms with van der Waals surface area (Å²) in [5.74, 6) is 0.791. The van der Waals surface area contributed by atoms with Crippen LogP contribution in [0.15, 0.2) is 90.0 Å². The monoisotopic (exact) mass is 471 g/mol. The average Bonchev–Trinajstić information content (AvgIpc) is 3.47. The molecular weight excluding hydrogens is 446 g/mol. The van der Waals surface area contributed by atoms with Crippen molar-refractivity contribution < 1.29 is 28.5 Å². The van der Waals surface area contributed by atoms with Crippen molar-refractivity contribution in [3.05, 3.63) is 95.6 Å². The van der Waals surface area contributed by atoms with Crippen molar-refractivity contribution in [3.63, 3.8) is 0 Å². The molecule has 2 bridgehead atoms. The molecule has 5 rings (SSSR count). The molecule has 178 valence electrons. The predicted octanol–water partition coefficient (Wildman–Crippen LogP) is 4.35. The zero-order valence-corrected chi connectivity index (χ0v) is 19.2. The van der Waals surface area contributed by atoms with Gasteiger partial charge in [0.15, 0.2) is 0 Å². The smallest absolute Gasteiger partial charge is 0.293 e. The van der Waals surface area contributed by atoms with E-state index in [4.69, 9.17) is 18.9 Å². The van der Waals surface area contributed by atoms with Crippen LogP contribution in [0.5, 0.6) is 5.75 Å². The summed E-state index contributed by atoms with van der Waals surface area (Å²) >= 11 is 0. The summed E-state index contributed by atoms with van der Waals surface area (Å²) in [5.41, 5.74) is 2.51. The van der Waals surface area contributed by atoms with Gasteiger partial charge in [-0.3, -0.25) is 9.59 Å². The van der Waals surface area contributed by atoms with Gasteiger partial charge in [0.2, 0.25) is 0 Å². The molecule has 7 heteroatoms. The van der Waals surface area contributed by atoms with E-state index < -0.39 is 5.60 Å².